The molecule has 2 aromatic carbocycles. The number of rotatable bonds is 9. The molecule has 3 aromatic rings. The number of benzene rings is 2. The van der Waals surface area contributed by atoms with Gasteiger partial charge in [0.2, 0.25) is 0 Å². The van der Waals surface area contributed by atoms with Gasteiger partial charge in [-0.3, -0.25) is 14.5 Å². The summed E-state index contributed by atoms with van der Waals surface area (Å²) in [4.78, 5) is 27.3. The standard InChI is InChI=1S/C24H27N3O3/c1-3-27(4-2)17-19-13-11-18(12-14-19)16-25-23(28)20-8-5-6-9-21(20)26-24(29)22-10-7-15-30-22/h5-15H,3-4,16-17H2,1-2H3,(H,25,28)(H,26,29). The molecule has 0 aliphatic rings. The fourth-order valence-corrected chi connectivity index (χ4v) is 3.13. The van der Waals surface area contributed by atoms with Crippen LogP contribution in [0.1, 0.15) is 45.9 Å². The molecule has 0 fully saturated rings. The van der Waals surface area contributed by atoms with Crippen LogP contribution in [0, 0.1) is 0 Å². The van der Waals surface area contributed by atoms with E-state index in [1.807, 2.05) is 12.1 Å². The molecule has 0 atom stereocenters. The van der Waals surface area contributed by atoms with Crippen molar-refractivity contribution in [1.29, 1.82) is 0 Å². The normalized spacial score (nSPS) is 10.8. The lowest BCUT2D eigenvalue weighted by molar-refractivity contribution is 0.0952. The maximum Gasteiger partial charge on any atom is 0.291 e. The zero-order valence-corrected chi connectivity index (χ0v) is 17.4. The van der Waals surface area contributed by atoms with Crippen molar-refractivity contribution >= 4 is 17.5 Å². The summed E-state index contributed by atoms with van der Waals surface area (Å²) >= 11 is 0. The number of nitrogens with one attached hydrogen (secondary N) is 2. The van der Waals surface area contributed by atoms with Crippen LogP contribution in [0.2, 0.25) is 0 Å². The van der Waals surface area contributed by atoms with Crippen LogP contribution in [0.5, 0.6) is 0 Å². The van der Waals surface area contributed by atoms with E-state index in [1.54, 1.807) is 36.4 Å². The molecule has 0 spiro atoms. The summed E-state index contributed by atoms with van der Waals surface area (Å²) in [5, 5.41) is 5.65. The number of nitrogens with zero attached hydrogens (tertiary/aromatic N) is 1. The van der Waals surface area contributed by atoms with Gasteiger partial charge in [-0.15, -0.1) is 0 Å². The van der Waals surface area contributed by atoms with E-state index in [-0.39, 0.29) is 11.7 Å². The number of para-hydroxylation sites is 1. The van der Waals surface area contributed by atoms with Crippen molar-refractivity contribution in [1.82, 2.24) is 10.2 Å². The number of carbonyl (C=O) groups excluding carboxylic acids is 2. The average molecular weight is 405 g/mol. The van der Waals surface area contributed by atoms with Crippen LogP contribution in [0.4, 0.5) is 5.69 Å². The van der Waals surface area contributed by atoms with E-state index in [1.165, 1.54) is 11.8 Å². The summed E-state index contributed by atoms with van der Waals surface area (Å²) in [6.07, 6.45) is 1.43. The largest absolute Gasteiger partial charge is 0.459 e. The van der Waals surface area contributed by atoms with E-state index < -0.39 is 5.91 Å². The minimum absolute atomic E-state index is 0.190. The molecule has 156 valence electrons. The van der Waals surface area contributed by atoms with Crippen LogP contribution in [-0.4, -0.2) is 29.8 Å². The zero-order chi connectivity index (χ0) is 21.3. The van der Waals surface area contributed by atoms with Gasteiger partial charge < -0.3 is 15.1 Å². The van der Waals surface area contributed by atoms with Crippen LogP contribution < -0.4 is 10.6 Å². The van der Waals surface area contributed by atoms with Crippen molar-refractivity contribution in [2.24, 2.45) is 0 Å². The Morgan fingerprint density at radius 2 is 1.57 bits per heavy atom. The Labute approximate surface area is 176 Å². The summed E-state index contributed by atoms with van der Waals surface area (Å²) in [5.74, 6) is -0.461. The average Bonchev–Trinajstić information content (AvgIpc) is 3.32. The smallest absolute Gasteiger partial charge is 0.291 e. The van der Waals surface area contributed by atoms with Crippen molar-refractivity contribution in [2.75, 3.05) is 18.4 Å². The third kappa shape index (κ3) is 5.58. The second kappa shape index (κ2) is 10.4. The Morgan fingerprint density at radius 1 is 0.867 bits per heavy atom. The Hall–Kier alpha value is -3.38. The van der Waals surface area contributed by atoms with Gasteiger partial charge in [0, 0.05) is 13.1 Å². The van der Waals surface area contributed by atoms with Crippen molar-refractivity contribution in [3.05, 3.63) is 89.4 Å². The first-order valence-corrected chi connectivity index (χ1v) is 10.1. The van der Waals surface area contributed by atoms with E-state index in [2.05, 4.69) is 41.5 Å². The summed E-state index contributed by atoms with van der Waals surface area (Å²) in [6, 6.07) is 18.4. The van der Waals surface area contributed by atoms with Crippen molar-refractivity contribution < 1.29 is 14.0 Å². The Kier molecular flexibility index (Phi) is 7.40. The summed E-state index contributed by atoms with van der Waals surface area (Å²) in [6.45, 7) is 7.67. The van der Waals surface area contributed by atoms with E-state index in [9.17, 15) is 9.59 Å². The van der Waals surface area contributed by atoms with E-state index in [4.69, 9.17) is 4.42 Å². The molecular weight excluding hydrogens is 378 g/mol. The van der Waals surface area contributed by atoms with Crippen molar-refractivity contribution in [3.63, 3.8) is 0 Å². The molecule has 0 bridgehead atoms. The van der Waals surface area contributed by atoms with Gasteiger partial charge in [-0.05, 0) is 48.5 Å². The molecule has 6 heteroatoms. The highest BCUT2D eigenvalue weighted by Gasteiger charge is 2.15. The van der Waals surface area contributed by atoms with Crippen LogP contribution in [-0.2, 0) is 13.1 Å². The molecule has 2 N–H and O–H groups in total. The molecule has 6 nitrogen and oxygen atoms in total. The first kappa shape index (κ1) is 21.3. The highest BCUT2D eigenvalue weighted by Crippen LogP contribution is 2.17. The molecule has 2 amide bonds. The Morgan fingerprint density at radius 3 is 2.23 bits per heavy atom. The lowest BCUT2D eigenvalue weighted by Crippen LogP contribution is -2.25. The molecule has 0 saturated heterocycles. The summed E-state index contributed by atoms with van der Waals surface area (Å²) in [5.41, 5.74) is 3.10. The molecule has 0 aliphatic heterocycles. The van der Waals surface area contributed by atoms with Crippen LogP contribution in [0.25, 0.3) is 0 Å². The van der Waals surface area contributed by atoms with Gasteiger partial charge >= 0.3 is 0 Å². The molecule has 0 saturated carbocycles. The number of hydrogen-bond donors (Lipinski definition) is 2. The van der Waals surface area contributed by atoms with Crippen LogP contribution in [0.15, 0.2) is 71.3 Å². The third-order valence-electron chi connectivity index (χ3n) is 4.94. The lowest BCUT2D eigenvalue weighted by atomic mass is 10.1. The molecule has 1 heterocycles. The number of furan rings is 1. The van der Waals surface area contributed by atoms with Crippen molar-refractivity contribution in [3.8, 4) is 0 Å². The van der Waals surface area contributed by atoms with Crippen molar-refractivity contribution in [2.45, 2.75) is 26.9 Å². The molecule has 30 heavy (non-hydrogen) atoms. The van der Waals surface area contributed by atoms with E-state index in [0.717, 1.165) is 25.2 Å². The quantitative estimate of drug-likeness (QED) is 0.556. The molecule has 0 radical (unpaired) electrons. The number of carbonyl (C=O) groups is 2. The van der Waals surface area contributed by atoms with Gasteiger partial charge in [0.25, 0.3) is 11.8 Å². The summed E-state index contributed by atoms with van der Waals surface area (Å²) < 4.78 is 5.11. The van der Waals surface area contributed by atoms with Gasteiger partial charge in [-0.2, -0.15) is 0 Å². The van der Waals surface area contributed by atoms with Crippen LogP contribution in [0.3, 0.4) is 0 Å². The second-order valence-corrected chi connectivity index (χ2v) is 6.94. The molecule has 0 unspecified atom stereocenters. The predicted molar refractivity (Wildman–Crippen MR) is 117 cm³/mol. The van der Waals surface area contributed by atoms with Gasteiger partial charge in [0.1, 0.15) is 0 Å². The molecule has 3 rings (SSSR count). The van der Waals surface area contributed by atoms with Crippen LogP contribution >= 0.6 is 0 Å². The number of amides is 2. The topological polar surface area (TPSA) is 74.6 Å². The molecule has 1 aromatic heterocycles. The van der Waals surface area contributed by atoms with Gasteiger partial charge in [-0.1, -0.05) is 50.2 Å². The fraction of sp³-hybridized carbons (Fsp3) is 0.250. The maximum absolute atomic E-state index is 12.7. The molecule has 0 aliphatic carbocycles. The predicted octanol–water partition coefficient (Wildman–Crippen LogP) is 4.30. The zero-order valence-electron chi connectivity index (χ0n) is 17.4. The highest BCUT2D eigenvalue weighted by atomic mass is 16.3. The maximum atomic E-state index is 12.7. The first-order valence-electron chi connectivity index (χ1n) is 10.1. The van der Waals surface area contributed by atoms with Gasteiger partial charge in [0.15, 0.2) is 5.76 Å². The van der Waals surface area contributed by atoms with Gasteiger partial charge in [0.05, 0.1) is 17.5 Å². The van der Waals surface area contributed by atoms with E-state index >= 15 is 0 Å². The third-order valence-corrected chi connectivity index (χ3v) is 4.94. The fourth-order valence-electron chi connectivity index (χ4n) is 3.13. The number of hydrogen-bond acceptors (Lipinski definition) is 4. The van der Waals surface area contributed by atoms with Gasteiger partial charge in [-0.25, -0.2) is 0 Å². The summed E-state index contributed by atoms with van der Waals surface area (Å²) in [7, 11) is 0. The lowest BCUT2D eigenvalue weighted by Gasteiger charge is -2.18. The number of anilines is 1. The SMILES string of the molecule is CCN(CC)Cc1ccc(CNC(=O)c2ccccc2NC(=O)c2ccco2)cc1. The minimum atomic E-state index is -0.399. The monoisotopic (exact) mass is 405 g/mol. The second-order valence-electron chi connectivity index (χ2n) is 6.94. The van der Waals surface area contributed by atoms with E-state index in [0.29, 0.717) is 17.8 Å². The Bertz CT molecular complexity index is 962. The highest BCUT2D eigenvalue weighted by molar-refractivity contribution is 6.07. The molecular formula is C24H27N3O3. The Balaban J connectivity index is 1.60. The first-order chi connectivity index (χ1) is 14.6. The minimum Gasteiger partial charge on any atom is -0.459 e.